The van der Waals surface area contributed by atoms with Gasteiger partial charge in [-0.3, -0.25) is 9.59 Å². The van der Waals surface area contributed by atoms with Crippen LogP contribution in [0, 0.1) is 13.8 Å². The van der Waals surface area contributed by atoms with Crippen molar-refractivity contribution in [3.63, 3.8) is 0 Å². The molecule has 142 valence electrons. The Morgan fingerprint density at radius 3 is 2.56 bits per heavy atom. The lowest BCUT2D eigenvalue weighted by Gasteiger charge is -2.19. The number of rotatable bonds is 5. The van der Waals surface area contributed by atoms with Crippen LogP contribution in [0.2, 0.25) is 0 Å². The smallest absolute Gasteiger partial charge is 0.311 e. The van der Waals surface area contributed by atoms with Crippen molar-refractivity contribution < 1.29 is 23.8 Å². The Hall–Kier alpha value is -3.02. The molecule has 0 aliphatic carbocycles. The summed E-state index contributed by atoms with van der Waals surface area (Å²) in [4.78, 5) is 24.5. The minimum Gasteiger partial charge on any atom is -0.486 e. The molecule has 1 atom stereocenters. The highest BCUT2D eigenvalue weighted by Gasteiger charge is 2.20. The number of carbonyl (C=O) groups is 2. The van der Waals surface area contributed by atoms with Gasteiger partial charge in [0.15, 0.2) is 17.6 Å². The van der Waals surface area contributed by atoms with Gasteiger partial charge < -0.3 is 19.5 Å². The third-order valence-electron chi connectivity index (χ3n) is 4.27. The van der Waals surface area contributed by atoms with Gasteiger partial charge in [0.1, 0.15) is 13.2 Å². The van der Waals surface area contributed by atoms with Gasteiger partial charge >= 0.3 is 5.97 Å². The van der Waals surface area contributed by atoms with Crippen LogP contribution in [-0.4, -0.2) is 31.2 Å². The number of hydrogen-bond acceptors (Lipinski definition) is 5. The zero-order valence-corrected chi connectivity index (χ0v) is 15.7. The lowest BCUT2D eigenvalue weighted by atomic mass is 10.1. The maximum atomic E-state index is 12.3. The summed E-state index contributed by atoms with van der Waals surface area (Å²) in [6.45, 7) is 6.46. The molecule has 0 bridgehead atoms. The second-order valence-corrected chi connectivity index (χ2v) is 6.59. The normalized spacial score (nSPS) is 13.6. The summed E-state index contributed by atoms with van der Waals surface area (Å²) >= 11 is 0. The van der Waals surface area contributed by atoms with Crippen LogP contribution in [-0.2, 0) is 20.7 Å². The van der Waals surface area contributed by atoms with Crippen LogP contribution in [0.3, 0.4) is 0 Å². The van der Waals surface area contributed by atoms with E-state index < -0.39 is 12.1 Å². The molecule has 6 nitrogen and oxygen atoms in total. The van der Waals surface area contributed by atoms with Crippen molar-refractivity contribution in [1.29, 1.82) is 0 Å². The zero-order chi connectivity index (χ0) is 19.4. The van der Waals surface area contributed by atoms with Gasteiger partial charge in [-0.2, -0.15) is 0 Å². The van der Waals surface area contributed by atoms with Gasteiger partial charge in [-0.1, -0.05) is 23.8 Å². The Labute approximate surface area is 158 Å². The number of fused-ring (bicyclic) bond motifs is 1. The van der Waals surface area contributed by atoms with Gasteiger partial charge in [-0.15, -0.1) is 0 Å². The average Bonchev–Trinajstić information content (AvgIpc) is 2.63. The standard InChI is InChI=1S/C21H23NO5/c1-13-4-6-17(14(2)10-13)22-21(24)15(3)27-20(23)12-16-5-7-18-19(11-16)26-9-8-25-18/h4-7,10-11,15H,8-9,12H2,1-3H3,(H,22,24)/t15-/m0/s1. The molecule has 2 aromatic rings. The summed E-state index contributed by atoms with van der Waals surface area (Å²) in [6, 6.07) is 11.1. The van der Waals surface area contributed by atoms with E-state index in [0.29, 0.717) is 30.4 Å². The molecule has 0 unspecified atom stereocenters. The molecule has 27 heavy (non-hydrogen) atoms. The molecule has 0 spiro atoms. The second kappa shape index (κ2) is 8.12. The van der Waals surface area contributed by atoms with E-state index in [1.807, 2.05) is 32.0 Å². The van der Waals surface area contributed by atoms with E-state index in [0.717, 1.165) is 16.7 Å². The van der Waals surface area contributed by atoms with E-state index in [-0.39, 0.29) is 12.3 Å². The molecule has 0 aromatic heterocycles. The summed E-state index contributed by atoms with van der Waals surface area (Å²) in [7, 11) is 0. The Morgan fingerprint density at radius 1 is 1.07 bits per heavy atom. The zero-order valence-electron chi connectivity index (χ0n) is 15.7. The fourth-order valence-corrected chi connectivity index (χ4v) is 2.84. The van der Waals surface area contributed by atoms with E-state index in [1.54, 1.807) is 25.1 Å². The average molecular weight is 369 g/mol. The van der Waals surface area contributed by atoms with E-state index in [1.165, 1.54) is 0 Å². The highest BCUT2D eigenvalue weighted by atomic mass is 16.6. The molecule has 3 rings (SSSR count). The molecule has 1 amide bonds. The number of carbonyl (C=O) groups excluding carboxylic acids is 2. The van der Waals surface area contributed by atoms with Gasteiger partial charge in [0, 0.05) is 5.69 Å². The first-order valence-corrected chi connectivity index (χ1v) is 8.88. The number of nitrogens with one attached hydrogen (secondary N) is 1. The van der Waals surface area contributed by atoms with Crippen LogP contribution in [0.1, 0.15) is 23.6 Å². The predicted molar refractivity (Wildman–Crippen MR) is 101 cm³/mol. The molecular formula is C21H23NO5. The van der Waals surface area contributed by atoms with Crippen molar-refractivity contribution in [2.45, 2.75) is 33.3 Å². The lowest BCUT2D eigenvalue weighted by Crippen LogP contribution is -2.30. The Morgan fingerprint density at radius 2 is 1.81 bits per heavy atom. The van der Waals surface area contributed by atoms with Crippen LogP contribution < -0.4 is 14.8 Å². The topological polar surface area (TPSA) is 73.9 Å². The van der Waals surface area contributed by atoms with Crippen LogP contribution in [0.25, 0.3) is 0 Å². The SMILES string of the molecule is Cc1ccc(NC(=O)[C@H](C)OC(=O)Cc2ccc3c(c2)OCCO3)c(C)c1. The predicted octanol–water partition coefficient (Wildman–Crippen LogP) is 3.19. The summed E-state index contributed by atoms with van der Waals surface area (Å²) in [5, 5.41) is 2.79. The number of esters is 1. The van der Waals surface area contributed by atoms with Crippen molar-refractivity contribution in [1.82, 2.24) is 0 Å². The highest BCUT2D eigenvalue weighted by molar-refractivity contribution is 5.95. The largest absolute Gasteiger partial charge is 0.486 e. The third-order valence-corrected chi connectivity index (χ3v) is 4.27. The maximum absolute atomic E-state index is 12.3. The van der Waals surface area contributed by atoms with Gasteiger partial charge in [0.05, 0.1) is 6.42 Å². The van der Waals surface area contributed by atoms with Crippen molar-refractivity contribution in [2.24, 2.45) is 0 Å². The third kappa shape index (κ3) is 4.78. The fourth-order valence-electron chi connectivity index (χ4n) is 2.84. The van der Waals surface area contributed by atoms with Gasteiger partial charge in [0.2, 0.25) is 0 Å². The molecule has 1 aliphatic rings. The summed E-state index contributed by atoms with van der Waals surface area (Å²) < 4.78 is 16.2. The van der Waals surface area contributed by atoms with Crippen LogP contribution in [0.5, 0.6) is 11.5 Å². The van der Waals surface area contributed by atoms with E-state index in [4.69, 9.17) is 14.2 Å². The van der Waals surface area contributed by atoms with E-state index in [9.17, 15) is 9.59 Å². The molecule has 0 fully saturated rings. The van der Waals surface area contributed by atoms with Gasteiger partial charge in [0.25, 0.3) is 5.91 Å². The number of hydrogen-bond donors (Lipinski definition) is 1. The quantitative estimate of drug-likeness (QED) is 0.820. The molecule has 1 heterocycles. The monoisotopic (exact) mass is 369 g/mol. The van der Waals surface area contributed by atoms with Gasteiger partial charge in [-0.25, -0.2) is 0 Å². The van der Waals surface area contributed by atoms with Crippen LogP contribution in [0.15, 0.2) is 36.4 Å². The number of ether oxygens (including phenoxy) is 3. The summed E-state index contributed by atoms with van der Waals surface area (Å²) in [5.41, 5.74) is 3.52. The first-order chi connectivity index (χ1) is 12.9. The first-order valence-electron chi connectivity index (χ1n) is 8.88. The first kappa shape index (κ1) is 18.8. The summed E-state index contributed by atoms with van der Waals surface area (Å²) in [6.07, 6.45) is -0.840. The maximum Gasteiger partial charge on any atom is 0.311 e. The Kier molecular flexibility index (Phi) is 5.64. The van der Waals surface area contributed by atoms with E-state index >= 15 is 0 Å². The Balaban J connectivity index is 1.56. The minimum atomic E-state index is -0.893. The highest BCUT2D eigenvalue weighted by Crippen LogP contribution is 2.31. The van der Waals surface area contributed by atoms with E-state index in [2.05, 4.69) is 5.32 Å². The minimum absolute atomic E-state index is 0.0534. The molecule has 6 heteroatoms. The molecule has 0 saturated heterocycles. The molecular weight excluding hydrogens is 346 g/mol. The lowest BCUT2D eigenvalue weighted by molar-refractivity contribution is -0.152. The summed E-state index contributed by atoms with van der Waals surface area (Å²) in [5.74, 6) is 0.444. The number of amides is 1. The van der Waals surface area contributed by atoms with Gasteiger partial charge in [-0.05, 0) is 50.1 Å². The van der Waals surface area contributed by atoms with Crippen molar-refractivity contribution in [2.75, 3.05) is 18.5 Å². The van der Waals surface area contributed by atoms with Crippen molar-refractivity contribution >= 4 is 17.6 Å². The molecule has 0 radical (unpaired) electrons. The molecule has 2 aromatic carbocycles. The fraction of sp³-hybridized carbons (Fsp3) is 0.333. The Bertz CT molecular complexity index is 862. The van der Waals surface area contributed by atoms with Crippen LogP contribution >= 0.6 is 0 Å². The second-order valence-electron chi connectivity index (χ2n) is 6.59. The van der Waals surface area contributed by atoms with Crippen LogP contribution in [0.4, 0.5) is 5.69 Å². The molecule has 1 N–H and O–H groups in total. The van der Waals surface area contributed by atoms with Crippen molar-refractivity contribution in [3.8, 4) is 11.5 Å². The number of aryl methyl sites for hydroxylation is 2. The molecule has 0 saturated carbocycles. The van der Waals surface area contributed by atoms with Crippen molar-refractivity contribution in [3.05, 3.63) is 53.1 Å². The number of benzene rings is 2. The number of anilines is 1. The molecule has 1 aliphatic heterocycles.